The van der Waals surface area contributed by atoms with Crippen LogP contribution in [0.2, 0.25) is 0 Å². The average Bonchev–Trinajstić information content (AvgIpc) is 2.39. The summed E-state index contributed by atoms with van der Waals surface area (Å²) in [6.07, 6.45) is 1.19. The Bertz CT molecular complexity index is 539. The molecule has 1 aliphatic heterocycles. The van der Waals surface area contributed by atoms with Crippen molar-refractivity contribution in [1.29, 1.82) is 0 Å². The summed E-state index contributed by atoms with van der Waals surface area (Å²) in [4.78, 5) is 38.1. The molecule has 1 atom stereocenters. The average molecular weight is 258 g/mol. The fourth-order valence-corrected chi connectivity index (χ4v) is 1.95. The summed E-state index contributed by atoms with van der Waals surface area (Å²) in [7, 11) is 0. The molecule has 0 aromatic heterocycles. The topological polar surface area (TPSA) is 57.7 Å². The summed E-state index contributed by atoms with van der Waals surface area (Å²) in [5.41, 5.74) is 0.464. The van der Waals surface area contributed by atoms with Gasteiger partial charge >= 0.3 is 6.03 Å². The first kappa shape index (κ1) is 13.0. The molecule has 0 spiro atoms. The Morgan fingerprint density at radius 3 is 2.37 bits per heavy atom. The second-order valence-electron chi connectivity index (χ2n) is 4.26. The van der Waals surface area contributed by atoms with Crippen molar-refractivity contribution >= 4 is 23.5 Å². The lowest BCUT2D eigenvalue weighted by Gasteiger charge is -2.35. The van der Waals surface area contributed by atoms with Crippen LogP contribution in [0.4, 0.5) is 10.5 Å². The number of benzene rings is 1. The van der Waals surface area contributed by atoms with E-state index in [1.54, 1.807) is 37.3 Å². The molecule has 1 saturated heterocycles. The van der Waals surface area contributed by atoms with E-state index in [1.165, 1.54) is 6.08 Å². The number of nitrogens with zero attached hydrogens (tertiary/aromatic N) is 2. The van der Waals surface area contributed by atoms with Crippen LogP contribution in [0.25, 0.3) is 0 Å². The van der Waals surface area contributed by atoms with Crippen LogP contribution in [0.1, 0.15) is 13.3 Å². The predicted octanol–water partition coefficient (Wildman–Crippen LogP) is 1.95. The van der Waals surface area contributed by atoms with Crippen LogP contribution in [0.15, 0.2) is 43.0 Å². The standard InChI is InChI=1S/C14H14N2O3/c1-3-10(2)15-12(17)9-13(18)16(14(15)19)11-7-5-4-6-8-11/h3-8,10H,1,9H2,2H3. The van der Waals surface area contributed by atoms with Gasteiger partial charge in [-0.15, -0.1) is 6.58 Å². The van der Waals surface area contributed by atoms with Gasteiger partial charge in [-0.25, -0.2) is 9.69 Å². The van der Waals surface area contributed by atoms with E-state index in [0.717, 1.165) is 9.80 Å². The smallest absolute Gasteiger partial charge is 0.274 e. The molecule has 1 fully saturated rings. The molecule has 2 rings (SSSR count). The predicted molar refractivity (Wildman–Crippen MR) is 70.4 cm³/mol. The molecule has 0 aliphatic carbocycles. The molecule has 4 amide bonds. The van der Waals surface area contributed by atoms with E-state index in [2.05, 4.69) is 6.58 Å². The van der Waals surface area contributed by atoms with Crippen molar-refractivity contribution in [3.8, 4) is 0 Å². The van der Waals surface area contributed by atoms with Gasteiger partial charge in [0.1, 0.15) is 6.42 Å². The summed E-state index contributed by atoms with van der Waals surface area (Å²) in [5, 5.41) is 0. The number of anilines is 1. The van der Waals surface area contributed by atoms with Crippen molar-refractivity contribution in [2.24, 2.45) is 0 Å². The minimum absolute atomic E-state index is 0.307. The van der Waals surface area contributed by atoms with Gasteiger partial charge < -0.3 is 0 Å². The number of imide groups is 2. The molecule has 0 N–H and O–H groups in total. The van der Waals surface area contributed by atoms with Gasteiger partial charge in [-0.05, 0) is 19.1 Å². The summed E-state index contributed by atoms with van der Waals surface area (Å²) in [6.45, 7) is 5.25. The number of barbiturate groups is 1. The third-order valence-electron chi connectivity index (χ3n) is 2.98. The largest absolute Gasteiger partial charge is 0.338 e. The molecule has 5 heteroatoms. The van der Waals surface area contributed by atoms with E-state index in [0.29, 0.717) is 5.69 Å². The van der Waals surface area contributed by atoms with Crippen molar-refractivity contribution in [1.82, 2.24) is 4.90 Å². The SMILES string of the molecule is C=CC(C)N1C(=O)CC(=O)N(c2ccccc2)C1=O. The van der Waals surface area contributed by atoms with E-state index in [1.807, 2.05) is 0 Å². The summed E-state index contributed by atoms with van der Waals surface area (Å²) in [5.74, 6) is -0.997. The quantitative estimate of drug-likeness (QED) is 0.615. The van der Waals surface area contributed by atoms with Crippen LogP contribution in [-0.2, 0) is 9.59 Å². The third-order valence-corrected chi connectivity index (χ3v) is 2.98. The summed E-state index contributed by atoms with van der Waals surface area (Å²) in [6, 6.07) is 7.49. The number of carbonyl (C=O) groups is 3. The Morgan fingerprint density at radius 2 is 1.79 bits per heavy atom. The zero-order valence-electron chi connectivity index (χ0n) is 10.6. The van der Waals surface area contributed by atoms with E-state index >= 15 is 0 Å². The molecular weight excluding hydrogens is 244 g/mol. The first-order chi connectivity index (χ1) is 9.06. The van der Waals surface area contributed by atoms with E-state index in [4.69, 9.17) is 0 Å². The van der Waals surface area contributed by atoms with Gasteiger partial charge in [0.25, 0.3) is 0 Å². The van der Waals surface area contributed by atoms with Crippen LogP contribution in [-0.4, -0.2) is 28.8 Å². The maximum atomic E-state index is 12.3. The van der Waals surface area contributed by atoms with E-state index in [-0.39, 0.29) is 6.42 Å². The number of rotatable bonds is 3. The van der Waals surface area contributed by atoms with Gasteiger partial charge in [-0.3, -0.25) is 14.5 Å². The second-order valence-corrected chi connectivity index (χ2v) is 4.26. The summed E-state index contributed by atoms with van der Waals surface area (Å²) >= 11 is 0. The molecule has 0 bridgehead atoms. The molecule has 5 nitrogen and oxygen atoms in total. The van der Waals surface area contributed by atoms with Gasteiger partial charge in [0, 0.05) is 0 Å². The van der Waals surface area contributed by atoms with Crippen LogP contribution in [0, 0.1) is 0 Å². The normalized spacial score (nSPS) is 17.6. The molecule has 1 aromatic carbocycles. The number of amides is 4. The van der Waals surface area contributed by atoms with Gasteiger partial charge in [0.15, 0.2) is 0 Å². The number of carbonyl (C=O) groups excluding carboxylic acids is 3. The van der Waals surface area contributed by atoms with Crippen molar-refractivity contribution in [3.05, 3.63) is 43.0 Å². The Hall–Kier alpha value is -2.43. The van der Waals surface area contributed by atoms with Crippen LogP contribution >= 0.6 is 0 Å². The minimum Gasteiger partial charge on any atom is -0.274 e. The van der Waals surface area contributed by atoms with Crippen LogP contribution in [0.5, 0.6) is 0 Å². The van der Waals surface area contributed by atoms with Gasteiger partial charge in [0.05, 0.1) is 11.7 Å². The Labute approximate surface area is 111 Å². The summed E-state index contributed by atoms with van der Waals surface area (Å²) < 4.78 is 0. The highest BCUT2D eigenvalue weighted by Crippen LogP contribution is 2.22. The zero-order chi connectivity index (χ0) is 14.0. The highest BCUT2D eigenvalue weighted by atomic mass is 16.2. The van der Waals surface area contributed by atoms with Crippen molar-refractivity contribution in [2.45, 2.75) is 19.4 Å². The van der Waals surface area contributed by atoms with Crippen molar-refractivity contribution < 1.29 is 14.4 Å². The van der Waals surface area contributed by atoms with Crippen molar-refractivity contribution in [2.75, 3.05) is 4.90 Å². The molecule has 19 heavy (non-hydrogen) atoms. The maximum absolute atomic E-state index is 12.3. The lowest BCUT2D eigenvalue weighted by molar-refractivity contribution is -0.135. The number of para-hydroxylation sites is 1. The molecule has 0 radical (unpaired) electrons. The van der Waals surface area contributed by atoms with Gasteiger partial charge in [0.2, 0.25) is 11.8 Å². The minimum atomic E-state index is -0.625. The maximum Gasteiger partial charge on any atom is 0.338 e. The second kappa shape index (κ2) is 5.06. The zero-order valence-corrected chi connectivity index (χ0v) is 10.6. The number of hydrogen-bond acceptors (Lipinski definition) is 3. The lowest BCUT2D eigenvalue weighted by atomic mass is 10.1. The lowest BCUT2D eigenvalue weighted by Crippen LogP contribution is -2.57. The highest BCUT2D eigenvalue weighted by Gasteiger charge is 2.40. The van der Waals surface area contributed by atoms with Gasteiger partial charge in [-0.2, -0.15) is 0 Å². The Balaban J connectivity index is 2.39. The Kier molecular flexibility index (Phi) is 3.46. The highest BCUT2D eigenvalue weighted by molar-refractivity contribution is 6.26. The number of hydrogen-bond donors (Lipinski definition) is 0. The molecule has 98 valence electrons. The molecule has 0 saturated carbocycles. The Morgan fingerprint density at radius 1 is 1.16 bits per heavy atom. The van der Waals surface area contributed by atoms with Gasteiger partial charge in [-0.1, -0.05) is 24.3 Å². The molecule has 1 aromatic rings. The fourth-order valence-electron chi connectivity index (χ4n) is 1.95. The molecule has 1 unspecified atom stereocenters. The van der Waals surface area contributed by atoms with Crippen molar-refractivity contribution in [3.63, 3.8) is 0 Å². The van der Waals surface area contributed by atoms with E-state index < -0.39 is 23.9 Å². The third kappa shape index (κ3) is 2.27. The molecular formula is C14H14N2O3. The fraction of sp³-hybridized carbons (Fsp3) is 0.214. The molecule has 1 heterocycles. The monoisotopic (exact) mass is 258 g/mol. The van der Waals surface area contributed by atoms with Crippen LogP contribution < -0.4 is 4.90 Å². The first-order valence-electron chi connectivity index (χ1n) is 5.93. The molecule has 1 aliphatic rings. The van der Waals surface area contributed by atoms with E-state index in [9.17, 15) is 14.4 Å². The number of urea groups is 1. The first-order valence-corrected chi connectivity index (χ1v) is 5.93. The van der Waals surface area contributed by atoms with Crippen LogP contribution in [0.3, 0.4) is 0 Å².